The molecule has 0 aliphatic carbocycles. The van der Waals surface area contributed by atoms with Crippen molar-refractivity contribution in [2.45, 2.75) is 350 Å². The van der Waals surface area contributed by atoms with E-state index in [1.165, 1.54) is 122 Å². The van der Waals surface area contributed by atoms with Crippen molar-refractivity contribution in [1.29, 1.82) is 0 Å². The van der Waals surface area contributed by atoms with Gasteiger partial charge in [0.15, 0.2) is 12.2 Å². The van der Waals surface area contributed by atoms with Gasteiger partial charge in [-0.1, -0.05) is 280 Å². The van der Waals surface area contributed by atoms with Crippen molar-refractivity contribution in [1.82, 2.24) is 0 Å². The molecule has 2 unspecified atom stereocenters. The van der Waals surface area contributed by atoms with Gasteiger partial charge in [-0.25, -0.2) is 9.13 Å². The van der Waals surface area contributed by atoms with Crippen LogP contribution in [0.4, 0.5) is 0 Å². The number of carbonyl (C=O) groups excluding carboxylic acids is 4. The highest BCUT2D eigenvalue weighted by atomic mass is 31.2. The molecule has 0 aliphatic heterocycles. The molecule has 0 fully saturated rings. The monoisotopic (exact) mass is 1280 g/mol. The van der Waals surface area contributed by atoms with Gasteiger partial charge in [-0.05, 0) is 49.4 Å². The average molecular weight is 1280 g/mol. The summed E-state index contributed by atoms with van der Waals surface area (Å²) in [6.07, 6.45) is 39.3. The number of rotatable bonds is 65. The van der Waals surface area contributed by atoms with Gasteiger partial charge in [-0.2, -0.15) is 0 Å². The first-order valence-corrected chi connectivity index (χ1v) is 38.2. The highest BCUT2D eigenvalue weighted by Gasteiger charge is 2.30. The van der Waals surface area contributed by atoms with E-state index >= 15 is 0 Å². The molecule has 0 saturated heterocycles. The molecule has 0 aliphatic rings. The Labute approximate surface area is 530 Å². The van der Waals surface area contributed by atoms with Crippen LogP contribution in [0.3, 0.4) is 0 Å². The molecule has 0 aromatic carbocycles. The maximum absolute atomic E-state index is 13.0. The Morgan fingerprint density at radius 2 is 0.483 bits per heavy atom. The minimum atomic E-state index is -4.95. The van der Waals surface area contributed by atoms with Crippen LogP contribution in [0.1, 0.15) is 331 Å². The van der Waals surface area contributed by atoms with Crippen molar-refractivity contribution < 1.29 is 80.2 Å². The number of ether oxygens (including phenoxy) is 4. The van der Waals surface area contributed by atoms with Crippen LogP contribution in [0.2, 0.25) is 0 Å². The predicted molar refractivity (Wildman–Crippen MR) is 349 cm³/mol. The normalized spacial score (nSPS) is 14.3. The minimum absolute atomic E-state index is 0.102. The molecular formula is C68H132O17P2. The van der Waals surface area contributed by atoms with Gasteiger partial charge < -0.3 is 33.8 Å². The molecule has 0 aromatic rings. The van der Waals surface area contributed by atoms with Crippen LogP contribution in [0.5, 0.6) is 0 Å². The van der Waals surface area contributed by atoms with Crippen LogP contribution in [-0.2, 0) is 65.4 Å². The largest absolute Gasteiger partial charge is 0.472 e. The molecule has 0 radical (unpaired) electrons. The van der Waals surface area contributed by atoms with E-state index in [0.29, 0.717) is 43.4 Å². The van der Waals surface area contributed by atoms with Crippen LogP contribution in [0.15, 0.2) is 0 Å². The zero-order valence-corrected chi connectivity index (χ0v) is 58.4. The molecule has 5 atom stereocenters. The summed E-state index contributed by atoms with van der Waals surface area (Å²) in [6.45, 7) is 14.0. The molecule has 17 nitrogen and oxygen atoms in total. The van der Waals surface area contributed by atoms with E-state index in [4.69, 9.17) is 37.0 Å². The molecule has 0 heterocycles. The Kier molecular flexibility index (Phi) is 56.6. The van der Waals surface area contributed by atoms with Gasteiger partial charge in [0.2, 0.25) is 0 Å². The highest BCUT2D eigenvalue weighted by Crippen LogP contribution is 2.45. The first-order chi connectivity index (χ1) is 41.6. The molecule has 0 aromatic heterocycles. The molecule has 0 bridgehead atoms. The van der Waals surface area contributed by atoms with Gasteiger partial charge in [-0.15, -0.1) is 0 Å². The Balaban J connectivity index is 5.20. The number of hydrogen-bond donors (Lipinski definition) is 3. The lowest BCUT2D eigenvalue weighted by molar-refractivity contribution is -0.161. The van der Waals surface area contributed by atoms with Crippen LogP contribution >= 0.6 is 15.6 Å². The summed E-state index contributed by atoms with van der Waals surface area (Å²) >= 11 is 0. The summed E-state index contributed by atoms with van der Waals surface area (Å²) < 4.78 is 68.1. The predicted octanol–water partition coefficient (Wildman–Crippen LogP) is 18.9. The Morgan fingerprint density at radius 1 is 0.287 bits per heavy atom. The lowest BCUT2D eigenvalue weighted by Crippen LogP contribution is -2.30. The summed E-state index contributed by atoms with van der Waals surface area (Å²) in [5, 5.41) is 10.6. The van der Waals surface area contributed by atoms with Crippen molar-refractivity contribution >= 4 is 39.5 Å². The van der Waals surface area contributed by atoms with Crippen molar-refractivity contribution in [2.75, 3.05) is 39.6 Å². The third kappa shape index (κ3) is 62.6. The lowest BCUT2D eigenvalue weighted by atomic mass is 10.0. The van der Waals surface area contributed by atoms with Crippen molar-refractivity contribution in [3.05, 3.63) is 0 Å². The topological polar surface area (TPSA) is 237 Å². The van der Waals surface area contributed by atoms with Crippen LogP contribution in [0, 0.1) is 23.7 Å². The zero-order chi connectivity index (χ0) is 64.7. The second-order valence-electron chi connectivity index (χ2n) is 26.5. The fourth-order valence-corrected chi connectivity index (χ4v) is 11.7. The first-order valence-electron chi connectivity index (χ1n) is 35.2. The summed E-state index contributed by atoms with van der Waals surface area (Å²) in [5.41, 5.74) is 0. The number of aliphatic hydroxyl groups excluding tert-OH is 1. The Bertz CT molecular complexity index is 1730. The Morgan fingerprint density at radius 3 is 0.713 bits per heavy atom. The van der Waals surface area contributed by atoms with E-state index in [2.05, 4.69) is 55.4 Å². The zero-order valence-electron chi connectivity index (χ0n) is 56.6. The van der Waals surface area contributed by atoms with Crippen LogP contribution in [0.25, 0.3) is 0 Å². The quantitative estimate of drug-likeness (QED) is 0.0222. The molecule has 516 valence electrons. The van der Waals surface area contributed by atoms with Crippen molar-refractivity contribution in [3.63, 3.8) is 0 Å². The van der Waals surface area contributed by atoms with E-state index < -0.39 is 97.5 Å². The van der Waals surface area contributed by atoms with Gasteiger partial charge in [0.1, 0.15) is 19.3 Å². The molecular weight excluding hydrogens is 1150 g/mol. The van der Waals surface area contributed by atoms with Gasteiger partial charge in [0.25, 0.3) is 0 Å². The molecule has 0 amide bonds. The second-order valence-corrected chi connectivity index (χ2v) is 29.4. The van der Waals surface area contributed by atoms with Crippen LogP contribution in [-0.4, -0.2) is 96.7 Å². The number of unbranched alkanes of at least 4 members (excludes halogenated alkanes) is 31. The number of phosphoric ester groups is 2. The smallest absolute Gasteiger partial charge is 0.462 e. The Hall–Kier alpha value is -1.94. The maximum atomic E-state index is 13.0. The van der Waals surface area contributed by atoms with E-state index in [-0.39, 0.29) is 25.7 Å². The summed E-state index contributed by atoms with van der Waals surface area (Å²) in [4.78, 5) is 72.3. The molecule has 0 saturated carbocycles. The standard InChI is InChI=1S/C68H132O17P2/c1-58(2)44-36-28-20-16-14-12-10-9-11-13-15-17-23-34-42-50-67(72)84-63(54-78-65(70)48-40-32-24-18-21-29-37-45-59(3)4)56-82-86(74,75)80-52-62(69)53-81-87(76,77)83-57-64(55-79-66(71)49-41-33-27-26-31-39-47-61(7)8)85-68(73)51-43-35-25-19-22-30-38-46-60(5)6/h58-64,69H,9-57H2,1-8H3,(H,74,75)(H,76,77)/t62-,63-,64-/m1/s1. The number of phosphoric acid groups is 2. The number of aliphatic hydroxyl groups is 1. The third-order valence-corrected chi connectivity index (χ3v) is 17.5. The van der Waals surface area contributed by atoms with Crippen LogP contribution < -0.4 is 0 Å². The minimum Gasteiger partial charge on any atom is -0.462 e. The third-order valence-electron chi connectivity index (χ3n) is 15.6. The second kappa shape index (κ2) is 57.9. The molecule has 0 spiro atoms. The fraction of sp³-hybridized carbons (Fsp3) is 0.941. The van der Waals surface area contributed by atoms with Crippen molar-refractivity contribution in [3.8, 4) is 0 Å². The number of carbonyl (C=O) groups is 4. The van der Waals surface area contributed by atoms with Gasteiger partial charge in [0.05, 0.1) is 26.4 Å². The van der Waals surface area contributed by atoms with E-state index in [9.17, 15) is 43.2 Å². The average Bonchev–Trinajstić information content (AvgIpc) is 3.68. The fourth-order valence-electron chi connectivity index (χ4n) is 10.1. The summed E-state index contributed by atoms with van der Waals surface area (Å²) in [7, 11) is -9.90. The van der Waals surface area contributed by atoms with Gasteiger partial charge in [-0.3, -0.25) is 37.3 Å². The van der Waals surface area contributed by atoms with Gasteiger partial charge in [0, 0.05) is 25.7 Å². The number of hydrogen-bond acceptors (Lipinski definition) is 15. The maximum Gasteiger partial charge on any atom is 0.472 e. The van der Waals surface area contributed by atoms with E-state index in [0.717, 1.165) is 109 Å². The lowest BCUT2D eigenvalue weighted by Gasteiger charge is -2.21. The molecule has 87 heavy (non-hydrogen) atoms. The summed E-state index contributed by atoms with van der Waals surface area (Å²) in [6, 6.07) is 0. The first kappa shape index (κ1) is 85.1. The van der Waals surface area contributed by atoms with E-state index in [1.54, 1.807) is 0 Å². The van der Waals surface area contributed by atoms with E-state index in [1.807, 2.05) is 0 Å². The highest BCUT2D eigenvalue weighted by molar-refractivity contribution is 7.47. The SMILES string of the molecule is CC(C)CCCCCCCCCCCCCCCCCC(=O)O[C@H](COC(=O)CCCCCCCCCC(C)C)COP(=O)(O)OC[C@@H](O)COP(=O)(O)OC[C@@H](COC(=O)CCCCCCCCC(C)C)OC(=O)CCCCCCCCCC(C)C. The molecule has 3 N–H and O–H groups in total. The van der Waals surface area contributed by atoms with Gasteiger partial charge >= 0.3 is 39.5 Å². The molecule has 19 heteroatoms. The molecule has 0 rings (SSSR count). The number of esters is 4. The summed E-state index contributed by atoms with van der Waals surface area (Å²) in [5.74, 6) is 0.746. The van der Waals surface area contributed by atoms with Crippen molar-refractivity contribution in [2.24, 2.45) is 23.7 Å².